The third-order valence-electron chi connectivity index (χ3n) is 4.33. The van der Waals surface area contributed by atoms with Gasteiger partial charge in [0.1, 0.15) is 5.58 Å². The highest BCUT2D eigenvalue weighted by molar-refractivity contribution is 9.10. The number of aromatic nitrogens is 1. The molecule has 1 aromatic carbocycles. The largest absolute Gasteiger partial charge is 0.450 e. The van der Waals surface area contributed by atoms with E-state index < -0.39 is 0 Å². The van der Waals surface area contributed by atoms with E-state index in [0.29, 0.717) is 17.9 Å². The van der Waals surface area contributed by atoms with E-state index >= 15 is 0 Å². The summed E-state index contributed by atoms with van der Waals surface area (Å²) in [4.78, 5) is 20.7. The zero-order chi connectivity index (χ0) is 17.4. The first-order valence-electron chi connectivity index (χ1n) is 8.27. The van der Waals surface area contributed by atoms with Crippen LogP contribution in [0, 0.1) is 0 Å². The second-order valence-corrected chi connectivity index (χ2v) is 7.96. The molecule has 0 N–H and O–H groups in total. The van der Waals surface area contributed by atoms with Gasteiger partial charge in [-0.3, -0.25) is 9.69 Å². The maximum Gasteiger partial charge on any atom is 0.296 e. The molecule has 25 heavy (non-hydrogen) atoms. The summed E-state index contributed by atoms with van der Waals surface area (Å²) in [5.74, 6) is 0.131. The van der Waals surface area contributed by atoms with E-state index in [4.69, 9.17) is 9.40 Å². The van der Waals surface area contributed by atoms with Gasteiger partial charge in [0.05, 0.1) is 10.2 Å². The van der Waals surface area contributed by atoms with Crippen molar-refractivity contribution in [1.82, 2.24) is 4.98 Å². The number of hydrogen-bond acceptors (Lipinski definition) is 4. The number of halogens is 1. The number of fused-ring (bicyclic) bond motifs is 2. The number of para-hydroxylation sites is 1. The monoisotopic (exact) mass is 416 g/mol. The van der Waals surface area contributed by atoms with Crippen LogP contribution in [0.3, 0.4) is 0 Å². The molecule has 4 rings (SSSR count). The number of thiazole rings is 1. The minimum absolute atomic E-state index is 0.186. The van der Waals surface area contributed by atoms with Crippen LogP contribution in [-0.2, 0) is 12.8 Å². The molecule has 0 aliphatic heterocycles. The van der Waals surface area contributed by atoms with Crippen LogP contribution in [0.2, 0.25) is 0 Å². The van der Waals surface area contributed by atoms with Gasteiger partial charge in [-0.25, -0.2) is 4.98 Å². The molecule has 4 nitrogen and oxygen atoms in total. The summed E-state index contributed by atoms with van der Waals surface area (Å²) >= 11 is 5.08. The Balaban J connectivity index is 1.71. The highest BCUT2D eigenvalue weighted by Crippen LogP contribution is 2.33. The molecule has 1 aliphatic carbocycles. The van der Waals surface area contributed by atoms with Gasteiger partial charge in [0.2, 0.25) is 0 Å². The van der Waals surface area contributed by atoms with Gasteiger partial charge in [-0.2, -0.15) is 0 Å². The number of carbonyl (C=O) groups is 1. The minimum Gasteiger partial charge on any atom is -0.450 e. The maximum atomic E-state index is 13.1. The van der Waals surface area contributed by atoms with Crippen LogP contribution in [0.25, 0.3) is 11.0 Å². The Bertz CT molecular complexity index is 936. The van der Waals surface area contributed by atoms with Crippen LogP contribution >= 0.6 is 27.3 Å². The van der Waals surface area contributed by atoms with Gasteiger partial charge in [-0.05, 0) is 53.7 Å². The molecule has 3 aromatic rings. The highest BCUT2D eigenvalue weighted by Gasteiger charge is 2.25. The summed E-state index contributed by atoms with van der Waals surface area (Å²) in [5, 5.41) is 1.63. The molecule has 0 spiro atoms. The second kappa shape index (κ2) is 6.77. The molecule has 0 unspecified atom stereocenters. The van der Waals surface area contributed by atoms with Gasteiger partial charge < -0.3 is 4.42 Å². The van der Waals surface area contributed by atoms with Crippen LogP contribution < -0.4 is 4.90 Å². The van der Waals surface area contributed by atoms with Gasteiger partial charge in [0, 0.05) is 16.8 Å². The second-order valence-electron chi connectivity index (χ2n) is 6.05. The summed E-state index contributed by atoms with van der Waals surface area (Å²) < 4.78 is 6.65. The lowest BCUT2D eigenvalue weighted by atomic mass is 10.0. The summed E-state index contributed by atoms with van der Waals surface area (Å²) in [5.41, 5.74) is 1.82. The normalized spacial score (nSPS) is 13.6. The Labute approximate surface area is 158 Å². The Hall–Kier alpha value is -1.92. The lowest BCUT2D eigenvalue weighted by Crippen LogP contribution is -2.30. The van der Waals surface area contributed by atoms with E-state index in [2.05, 4.69) is 22.5 Å². The number of anilines is 1. The van der Waals surface area contributed by atoms with Crippen molar-refractivity contribution in [2.45, 2.75) is 25.7 Å². The van der Waals surface area contributed by atoms with Gasteiger partial charge >= 0.3 is 0 Å². The highest BCUT2D eigenvalue weighted by atomic mass is 79.9. The standard InChI is InChI=1S/C19H17BrN2O2S/c1-2-10-22(19-21-14-8-3-4-9-16(14)25-19)18(23)15-11-12-6-5-7-13(20)17(12)24-15/h2,5-7,11H,1,3-4,8-10H2. The summed E-state index contributed by atoms with van der Waals surface area (Å²) in [7, 11) is 0. The Kier molecular flexibility index (Phi) is 4.48. The number of hydrogen-bond donors (Lipinski definition) is 0. The average Bonchev–Trinajstić information content (AvgIpc) is 3.23. The quantitative estimate of drug-likeness (QED) is 0.537. The molecule has 6 heteroatoms. The van der Waals surface area contributed by atoms with Gasteiger partial charge in [0.15, 0.2) is 10.9 Å². The van der Waals surface area contributed by atoms with E-state index in [9.17, 15) is 4.79 Å². The molecular weight excluding hydrogens is 400 g/mol. The predicted molar refractivity (Wildman–Crippen MR) is 105 cm³/mol. The molecule has 1 aliphatic rings. The number of aryl methyl sites for hydroxylation is 2. The van der Waals surface area contributed by atoms with Crippen molar-refractivity contribution in [3.63, 3.8) is 0 Å². The Morgan fingerprint density at radius 2 is 2.24 bits per heavy atom. The fourth-order valence-corrected chi connectivity index (χ4v) is 4.71. The van der Waals surface area contributed by atoms with Crippen molar-refractivity contribution in [3.8, 4) is 0 Å². The van der Waals surface area contributed by atoms with E-state index in [-0.39, 0.29) is 5.91 Å². The van der Waals surface area contributed by atoms with E-state index in [1.807, 2.05) is 18.2 Å². The van der Waals surface area contributed by atoms with Crippen LogP contribution in [-0.4, -0.2) is 17.4 Å². The number of nitrogens with zero attached hydrogens (tertiary/aromatic N) is 2. The number of amides is 1. The van der Waals surface area contributed by atoms with Gasteiger partial charge in [0.25, 0.3) is 5.91 Å². The first-order valence-corrected chi connectivity index (χ1v) is 9.87. The molecule has 0 radical (unpaired) electrons. The lowest BCUT2D eigenvalue weighted by molar-refractivity contribution is 0.0965. The molecule has 128 valence electrons. The molecule has 0 saturated heterocycles. The molecule has 2 aromatic heterocycles. The van der Waals surface area contributed by atoms with Gasteiger partial charge in [-0.15, -0.1) is 17.9 Å². The Morgan fingerprint density at radius 3 is 3.00 bits per heavy atom. The van der Waals surface area contributed by atoms with Crippen molar-refractivity contribution >= 4 is 49.3 Å². The fraction of sp³-hybridized carbons (Fsp3) is 0.263. The SMILES string of the molecule is C=CCN(C(=O)c1cc2cccc(Br)c2o1)c1nc2c(s1)CCCC2. The fourth-order valence-electron chi connectivity index (χ4n) is 3.10. The van der Waals surface area contributed by atoms with Gasteiger partial charge in [-0.1, -0.05) is 18.2 Å². The third-order valence-corrected chi connectivity index (χ3v) is 6.13. The van der Waals surface area contributed by atoms with Crippen LogP contribution in [0.4, 0.5) is 5.13 Å². The van der Waals surface area contributed by atoms with Crippen LogP contribution in [0.5, 0.6) is 0 Å². The van der Waals surface area contributed by atoms with E-state index in [1.54, 1.807) is 28.4 Å². The summed E-state index contributed by atoms with van der Waals surface area (Å²) in [6, 6.07) is 7.54. The van der Waals surface area contributed by atoms with Crippen molar-refractivity contribution in [1.29, 1.82) is 0 Å². The van der Waals surface area contributed by atoms with Crippen molar-refractivity contribution in [2.75, 3.05) is 11.4 Å². The number of benzene rings is 1. The molecule has 1 amide bonds. The van der Waals surface area contributed by atoms with Crippen molar-refractivity contribution < 1.29 is 9.21 Å². The molecule has 0 saturated carbocycles. The topological polar surface area (TPSA) is 46.3 Å². The zero-order valence-electron chi connectivity index (χ0n) is 13.6. The minimum atomic E-state index is -0.186. The molecular formula is C19H17BrN2O2S. The molecule has 0 atom stereocenters. The van der Waals surface area contributed by atoms with Crippen LogP contribution in [0.1, 0.15) is 34.0 Å². The molecule has 2 heterocycles. The third kappa shape index (κ3) is 3.04. The number of rotatable bonds is 4. The van der Waals surface area contributed by atoms with E-state index in [1.165, 1.54) is 17.7 Å². The van der Waals surface area contributed by atoms with Crippen molar-refractivity contribution in [2.24, 2.45) is 0 Å². The zero-order valence-corrected chi connectivity index (χ0v) is 16.0. The predicted octanol–water partition coefficient (Wildman–Crippen LogP) is 5.36. The summed E-state index contributed by atoms with van der Waals surface area (Å²) in [6.45, 7) is 4.19. The summed E-state index contributed by atoms with van der Waals surface area (Å²) in [6.07, 6.45) is 6.14. The maximum absolute atomic E-state index is 13.1. The van der Waals surface area contributed by atoms with Crippen LogP contribution in [0.15, 0.2) is 45.8 Å². The smallest absolute Gasteiger partial charge is 0.296 e. The first kappa shape index (κ1) is 16.5. The average molecular weight is 417 g/mol. The van der Waals surface area contributed by atoms with Crippen molar-refractivity contribution in [3.05, 3.63) is 57.7 Å². The first-order chi connectivity index (χ1) is 12.2. The number of carbonyl (C=O) groups excluding carboxylic acids is 1. The lowest BCUT2D eigenvalue weighted by Gasteiger charge is -2.16. The molecule has 0 bridgehead atoms. The molecule has 0 fully saturated rings. The Morgan fingerprint density at radius 1 is 1.40 bits per heavy atom. The number of furan rings is 1. The van der Waals surface area contributed by atoms with E-state index in [0.717, 1.165) is 33.5 Å².